The lowest BCUT2D eigenvalue weighted by Crippen LogP contribution is -2.29. The molecule has 1 N–H and O–H groups in total. The van der Waals surface area contributed by atoms with Crippen LogP contribution in [0.15, 0.2) is 42.6 Å². The number of rotatable bonds is 4. The first-order valence-electron chi connectivity index (χ1n) is 8.76. The summed E-state index contributed by atoms with van der Waals surface area (Å²) >= 11 is 1.50. The quantitative estimate of drug-likeness (QED) is 0.758. The maximum atomic E-state index is 12.4. The van der Waals surface area contributed by atoms with E-state index in [1.54, 1.807) is 24.0 Å². The summed E-state index contributed by atoms with van der Waals surface area (Å²) in [5.74, 6) is -0.285. The molecule has 3 heterocycles. The van der Waals surface area contributed by atoms with E-state index in [2.05, 4.69) is 45.7 Å². The van der Waals surface area contributed by atoms with E-state index in [9.17, 15) is 10.1 Å². The number of nitrogens with one attached hydrogen (secondary N) is 1. The summed E-state index contributed by atoms with van der Waals surface area (Å²) in [5.41, 5.74) is 3.29. The van der Waals surface area contributed by atoms with E-state index in [4.69, 9.17) is 0 Å². The Bertz CT molecular complexity index is 1010. The molecule has 0 unspecified atom stereocenters. The zero-order chi connectivity index (χ0) is 18.8. The topological polar surface area (TPSA) is 74.0 Å². The minimum Gasteiger partial charge on any atom is -0.311 e. The second-order valence-corrected chi connectivity index (χ2v) is 7.70. The maximum absolute atomic E-state index is 12.4. The lowest BCUT2D eigenvalue weighted by atomic mass is 10.0. The van der Waals surface area contributed by atoms with Gasteiger partial charge in [0.1, 0.15) is 11.1 Å². The highest BCUT2D eigenvalue weighted by Gasteiger charge is 2.25. The molecule has 0 bridgehead atoms. The monoisotopic (exact) mass is 377 g/mol. The third-order valence-corrected chi connectivity index (χ3v) is 5.80. The number of carbonyl (C=O) groups excluding carboxylic acids is 1. The Morgan fingerprint density at radius 3 is 2.85 bits per heavy atom. The van der Waals surface area contributed by atoms with Gasteiger partial charge in [0.15, 0.2) is 5.69 Å². The number of hydrogen-bond donors (Lipinski definition) is 1. The Labute approximate surface area is 161 Å². The first kappa shape index (κ1) is 17.5. The lowest BCUT2D eigenvalue weighted by Gasteiger charge is -2.26. The van der Waals surface area contributed by atoms with Gasteiger partial charge < -0.3 is 5.32 Å². The van der Waals surface area contributed by atoms with Crippen LogP contribution in [-0.4, -0.2) is 27.1 Å². The number of hydrogen-bond acceptors (Lipinski definition) is 5. The van der Waals surface area contributed by atoms with Gasteiger partial charge in [-0.05, 0) is 23.6 Å². The number of nitrogens with zero attached hydrogens (tertiary/aromatic N) is 4. The van der Waals surface area contributed by atoms with E-state index in [0.29, 0.717) is 16.3 Å². The van der Waals surface area contributed by atoms with Crippen molar-refractivity contribution < 1.29 is 4.79 Å². The van der Waals surface area contributed by atoms with Gasteiger partial charge in [-0.2, -0.15) is 10.4 Å². The van der Waals surface area contributed by atoms with Crippen LogP contribution < -0.4 is 5.32 Å². The predicted molar refractivity (Wildman–Crippen MR) is 104 cm³/mol. The Morgan fingerprint density at radius 1 is 1.33 bits per heavy atom. The zero-order valence-corrected chi connectivity index (χ0v) is 15.8. The number of aryl methyl sites for hydroxylation is 1. The van der Waals surface area contributed by atoms with Crippen molar-refractivity contribution in [2.24, 2.45) is 7.05 Å². The summed E-state index contributed by atoms with van der Waals surface area (Å²) in [6.45, 7) is 2.58. The van der Waals surface area contributed by atoms with Crippen LogP contribution in [-0.2, 0) is 26.6 Å². The third-order valence-electron chi connectivity index (χ3n) is 4.67. The molecule has 6 nitrogen and oxygen atoms in total. The average Bonchev–Trinajstić information content (AvgIpc) is 3.25. The molecular weight excluding hydrogens is 358 g/mol. The molecule has 0 fully saturated rings. The van der Waals surface area contributed by atoms with Gasteiger partial charge in [-0.3, -0.25) is 14.4 Å². The Hall–Kier alpha value is -2.95. The number of nitriles is 1. The zero-order valence-electron chi connectivity index (χ0n) is 15.0. The molecule has 0 atom stereocenters. The molecule has 0 saturated heterocycles. The largest absolute Gasteiger partial charge is 0.311 e. The molecule has 27 heavy (non-hydrogen) atoms. The smallest absolute Gasteiger partial charge is 0.276 e. The van der Waals surface area contributed by atoms with Crippen LogP contribution in [0.2, 0.25) is 0 Å². The second kappa shape index (κ2) is 7.35. The molecule has 1 amide bonds. The van der Waals surface area contributed by atoms with Gasteiger partial charge in [0, 0.05) is 37.8 Å². The molecule has 136 valence electrons. The van der Waals surface area contributed by atoms with Crippen molar-refractivity contribution in [3.05, 3.63) is 69.9 Å². The number of fused-ring (bicyclic) bond motifs is 1. The lowest BCUT2D eigenvalue weighted by molar-refractivity contribution is 0.102. The highest BCUT2D eigenvalue weighted by atomic mass is 32.1. The van der Waals surface area contributed by atoms with Gasteiger partial charge in [-0.25, -0.2) is 0 Å². The first-order chi connectivity index (χ1) is 13.1. The summed E-state index contributed by atoms with van der Waals surface area (Å²) in [6, 6.07) is 14.3. The van der Waals surface area contributed by atoms with Gasteiger partial charge in [-0.15, -0.1) is 11.3 Å². The van der Waals surface area contributed by atoms with Gasteiger partial charge >= 0.3 is 0 Å². The summed E-state index contributed by atoms with van der Waals surface area (Å²) in [7, 11) is 1.77. The fourth-order valence-electron chi connectivity index (χ4n) is 3.34. The van der Waals surface area contributed by atoms with Crippen LogP contribution in [0.25, 0.3) is 0 Å². The molecule has 0 spiro atoms. The van der Waals surface area contributed by atoms with E-state index in [0.717, 1.165) is 36.5 Å². The van der Waals surface area contributed by atoms with Crippen molar-refractivity contribution in [2.75, 3.05) is 11.9 Å². The number of anilines is 1. The molecule has 4 rings (SSSR count). The van der Waals surface area contributed by atoms with Crippen LogP contribution in [0.4, 0.5) is 5.00 Å². The highest BCUT2D eigenvalue weighted by molar-refractivity contribution is 7.16. The minimum absolute atomic E-state index is 0.285. The number of benzene rings is 1. The molecule has 1 aliphatic heterocycles. The van der Waals surface area contributed by atoms with E-state index < -0.39 is 0 Å². The standard InChI is InChI=1S/C20H19N5OS/c1-24-9-8-17(23-24)19(26)22-20-16(11-21)15-7-10-25(13-18(15)27-20)12-14-5-3-2-4-6-14/h2-6,8-9H,7,10,12-13H2,1H3,(H,22,26). The Morgan fingerprint density at radius 2 is 2.15 bits per heavy atom. The number of thiophene rings is 1. The number of carbonyl (C=O) groups is 1. The fraction of sp³-hybridized carbons (Fsp3) is 0.250. The highest BCUT2D eigenvalue weighted by Crippen LogP contribution is 2.37. The second-order valence-electron chi connectivity index (χ2n) is 6.59. The number of aromatic nitrogens is 2. The van der Waals surface area contributed by atoms with Crippen LogP contribution in [0, 0.1) is 11.3 Å². The van der Waals surface area contributed by atoms with Crippen LogP contribution in [0.5, 0.6) is 0 Å². The third kappa shape index (κ3) is 3.63. The Balaban J connectivity index is 1.53. The first-order valence-corrected chi connectivity index (χ1v) is 9.57. The summed E-state index contributed by atoms with van der Waals surface area (Å²) in [5, 5.41) is 17.2. The normalized spacial score (nSPS) is 13.8. The van der Waals surface area contributed by atoms with Gasteiger partial charge in [0.05, 0.1) is 5.56 Å². The molecule has 2 aromatic heterocycles. The maximum Gasteiger partial charge on any atom is 0.276 e. The van der Waals surface area contributed by atoms with Crippen molar-refractivity contribution in [1.29, 1.82) is 5.26 Å². The van der Waals surface area contributed by atoms with E-state index in [1.807, 2.05) is 6.07 Å². The van der Waals surface area contributed by atoms with Crippen LogP contribution >= 0.6 is 11.3 Å². The molecular formula is C20H19N5OS. The summed E-state index contributed by atoms with van der Waals surface area (Å²) in [6.07, 6.45) is 2.54. The molecule has 7 heteroatoms. The van der Waals surface area contributed by atoms with Crippen molar-refractivity contribution in [3.8, 4) is 6.07 Å². The van der Waals surface area contributed by atoms with Crippen LogP contribution in [0.3, 0.4) is 0 Å². The predicted octanol–water partition coefficient (Wildman–Crippen LogP) is 3.16. The molecule has 0 saturated carbocycles. The SMILES string of the molecule is Cn1ccc(C(=O)Nc2sc3c(c2C#N)CCN(Cc2ccccc2)C3)n1. The van der Waals surface area contributed by atoms with Crippen molar-refractivity contribution >= 4 is 22.2 Å². The van der Waals surface area contributed by atoms with Crippen LogP contribution in [0.1, 0.15) is 32.1 Å². The van der Waals surface area contributed by atoms with Gasteiger partial charge in [0.25, 0.3) is 5.91 Å². The van der Waals surface area contributed by atoms with Gasteiger partial charge in [0.2, 0.25) is 0 Å². The van der Waals surface area contributed by atoms with E-state index >= 15 is 0 Å². The Kier molecular flexibility index (Phi) is 4.75. The fourth-order valence-corrected chi connectivity index (χ4v) is 4.58. The molecule has 0 radical (unpaired) electrons. The van der Waals surface area contributed by atoms with Crippen molar-refractivity contribution in [2.45, 2.75) is 19.5 Å². The van der Waals surface area contributed by atoms with Crippen molar-refractivity contribution in [3.63, 3.8) is 0 Å². The van der Waals surface area contributed by atoms with E-state index in [1.165, 1.54) is 16.9 Å². The van der Waals surface area contributed by atoms with Crippen molar-refractivity contribution in [1.82, 2.24) is 14.7 Å². The molecule has 0 aliphatic carbocycles. The summed E-state index contributed by atoms with van der Waals surface area (Å²) in [4.78, 5) is 15.9. The molecule has 1 aliphatic rings. The van der Waals surface area contributed by atoms with E-state index in [-0.39, 0.29) is 5.91 Å². The number of amides is 1. The molecule has 1 aromatic carbocycles. The minimum atomic E-state index is -0.285. The average molecular weight is 377 g/mol. The van der Waals surface area contributed by atoms with Gasteiger partial charge in [-0.1, -0.05) is 30.3 Å². The summed E-state index contributed by atoms with van der Waals surface area (Å²) < 4.78 is 1.58. The molecule has 3 aromatic rings.